The summed E-state index contributed by atoms with van der Waals surface area (Å²) >= 11 is 7.31. The van der Waals surface area contributed by atoms with E-state index in [0.717, 1.165) is 10.6 Å². The zero-order valence-corrected chi connectivity index (χ0v) is 13.5. The Bertz CT molecular complexity index is 670. The molecule has 5 nitrogen and oxygen atoms in total. The molecule has 0 aliphatic heterocycles. The van der Waals surface area contributed by atoms with E-state index < -0.39 is 5.97 Å². The summed E-state index contributed by atoms with van der Waals surface area (Å²) in [6.45, 7) is 0.197. The fourth-order valence-corrected chi connectivity index (χ4v) is 2.74. The van der Waals surface area contributed by atoms with Crippen molar-refractivity contribution < 1.29 is 14.7 Å². The number of hydrogen-bond donors (Lipinski definition) is 1. The Balaban J connectivity index is 1.98. The van der Waals surface area contributed by atoms with Gasteiger partial charge in [-0.2, -0.15) is 0 Å². The van der Waals surface area contributed by atoms with Crippen molar-refractivity contribution in [1.29, 1.82) is 0 Å². The largest absolute Gasteiger partial charge is 0.481 e. The summed E-state index contributed by atoms with van der Waals surface area (Å²) in [4.78, 5) is 28.4. The first kappa shape index (κ1) is 16.5. The molecular formula is C15H15ClN2O3S. The predicted molar refractivity (Wildman–Crippen MR) is 86.2 cm³/mol. The van der Waals surface area contributed by atoms with Crippen molar-refractivity contribution in [2.45, 2.75) is 12.8 Å². The van der Waals surface area contributed by atoms with Gasteiger partial charge in [-0.3, -0.25) is 9.59 Å². The van der Waals surface area contributed by atoms with E-state index in [4.69, 9.17) is 16.7 Å². The predicted octanol–water partition coefficient (Wildman–Crippen LogP) is 2.94. The molecule has 2 rings (SSSR count). The van der Waals surface area contributed by atoms with Crippen LogP contribution in [0.5, 0.6) is 0 Å². The van der Waals surface area contributed by atoms with Crippen LogP contribution in [0.2, 0.25) is 5.02 Å². The molecular weight excluding hydrogens is 324 g/mol. The van der Waals surface area contributed by atoms with Crippen LogP contribution in [0.15, 0.2) is 29.6 Å². The number of aliphatic carboxylic acids is 1. The minimum Gasteiger partial charge on any atom is -0.481 e. The summed E-state index contributed by atoms with van der Waals surface area (Å²) in [5.74, 6) is -1.06. The lowest BCUT2D eigenvalue weighted by Gasteiger charge is -2.15. The number of halogens is 1. The van der Waals surface area contributed by atoms with Gasteiger partial charge in [0, 0.05) is 29.6 Å². The highest BCUT2D eigenvalue weighted by Gasteiger charge is 2.13. The summed E-state index contributed by atoms with van der Waals surface area (Å²) in [5, 5.41) is 12.0. The number of benzene rings is 1. The number of thiazole rings is 1. The molecule has 0 aliphatic carbocycles. The third kappa shape index (κ3) is 4.54. The first-order valence-electron chi connectivity index (χ1n) is 6.62. The van der Waals surface area contributed by atoms with Crippen LogP contribution in [0.1, 0.15) is 12.1 Å². The maximum atomic E-state index is 12.0. The highest BCUT2D eigenvalue weighted by Crippen LogP contribution is 2.25. The number of likely N-dealkylation sites (N-methyl/N-ethyl adjacent to an activating group) is 1. The fourth-order valence-electron chi connectivity index (χ4n) is 1.79. The molecule has 1 amide bonds. The van der Waals surface area contributed by atoms with Crippen LogP contribution in [-0.4, -0.2) is 40.5 Å². The molecule has 0 atom stereocenters. The molecule has 0 unspecified atom stereocenters. The van der Waals surface area contributed by atoms with Gasteiger partial charge < -0.3 is 10.0 Å². The van der Waals surface area contributed by atoms with Crippen LogP contribution in [0.3, 0.4) is 0 Å². The molecule has 1 heterocycles. The van der Waals surface area contributed by atoms with Crippen LogP contribution < -0.4 is 0 Å². The lowest BCUT2D eigenvalue weighted by atomic mass is 10.2. The van der Waals surface area contributed by atoms with Gasteiger partial charge in [0.15, 0.2) is 0 Å². The van der Waals surface area contributed by atoms with Crippen molar-refractivity contribution in [3.63, 3.8) is 0 Å². The van der Waals surface area contributed by atoms with Crippen molar-refractivity contribution in [2.24, 2.45) is 0 Å². The maximum absolute atomic E-state index is 12.0. The van der Waals surface area contributed by atoms with Gasteiger partial charge >= 0.3 is 5.97 Å². The molecule has 116 valence electrons. The van der Waals surface area contributed by atoms with E-state index in [0.29, 0.717) is 10.7 Å². The van der Waals surface area contributed by atoms with Gasteiger partial charge in [-0.25, -0.2) is 4.98 Å². The molecule has 0 saturated heterocycles. The lowest BCUT2D eigenvalue weighted by Crippen LogP contribution is -2.30. The molecule has 0 fully saturated rings. The van der Waals surface area contributed by atoms with E-state index in [9.17, 15) is 9.59 Å². The molecule has 7 heteroatoms. The highest BCUT2D eigenvalue weighted by atomic mass is 35.5. The quantitative estimate of drug-likeness (QED) is 0.879. The molecule has 1 aromatic heterocycles. The van der Waals surface area contributed by atoms with Gasteiger partial charge in [-0.05, 0) is 12.1 Å². The Morgan fingerprint density at radius 1 is 1.32 bits per heavy atom. The smallest absolute Gasteiger partial charge is 0.305 e. The fraction of sp³-hybridized carbons (Fsp3) is 0.267. The van der Waals surface area contributed by atoms with Crippen LogP contribution in [0.4, 0.5) is 0 Å². The minimum atomic E-state index is -0.918. The first-order valence-corrected chi connectivity index (χ1v) is 7.87. The van der Waals surface area contributed by atoms with E-state index in [1.807, 2.05) is 17.5 Å². The Labute approximate surface area is 137 Å². The van der Waals surface area contributed by atoms with Crippen molar-refractivity contribution in [1.82, 2.24) is 9.88 Å². The molecule has 0 bridgehead atoms. The normalized spacial score (nSPS) is 10.5. The number of carboxylic acid groups (broad SMARTS) is 1. The number of aromatic nitrogens is 1. The van der Waals surface area contributed by atoms with Crippen LogP contribution in [0.25, 0.3) is 10.6 Å². The number of carboxylic acids is 1. The first-order chi connectivity index (χ1) is 10.5. The number of carbonyl (C=O) groups excluding carboxylic acids is 1. The maximum Gasteiger partial charge on any atom is 0.305 e. The lowest BCUT2D eigenvalue weighted by molar-refractivity contribution is -0.138. The second-order valence-electron chi connectivity index (χ2n) is 4.79. The summed E-state index contributed by atoms with van der Waals surface area (Å²) in [6, 6.07) is 7.35. The van der Waals surface area contributed by atoms with Gasteiger partial charge in [-0.15, -0.1) is 11.3 Å². The van der Waals surface area contributed by atoms with Crippen molar-refractivity contribution in [2.75, 3.05) is 13.6 Å². The number of hydrogen-bond acceptors (Lipinski definition) is 4. The molecule has 0 radical (unpaired) electrons. The van der Waals surface area contributed by atoms with Crippen LogP contribution in [0, 0.1) is 0 Å². The Morgan fingerprint density at radius 3 is 2.64 bits per heavy atom. The van der Waals surface area contributed by atoms with Crippen LogP contribution in [-0.2, 0) is 16.0 Å². The third-order valence-electron chi connectivity index (χ3n) is 3.06. The summed E-state index contributed by atoms with van der Waals surface area (Å²) in [5.41, 5.74) is 1.63. The van der Waals surface area contributed by atoms with Gasteiger partial charge in [0.25, 0.3) is 0 Å². The van der Waals surface area contributed by atoms with Gasteiger partial charge in [0.2, 0.25) is 5.91 Å². The average Bonchev–Trinajstić information content (AvgIpc) is 2.93. The van der Waals surface area contributed by atoms with Gasteiger partial charge in [-0.1, -0.05) is 23.7 Å². The number of rotatable bonds is 6. The summed E-state index contributed by atoms with van der Waals surface area (Å²) in [7, 11) is 1.59. The summed E-state index contributed by atoms with van der Waals surface area (Å²) < 4.78 is 0. The van der Waals surface area contributed by atoms with E-state index >= 15 is 0 Å². The monoisotopic (exact) mass is 338 g/mol. The van der Waals surface area contributed by atoms with Gasteiger partial charge in [0.1, 0.15) is 5.01 Å². The average molecular weight is 339 g/mol. The zero-order valence-electron chi connectivity index (χ0n) is 12.0. The Hall–Kier alpha value is -1.92. The Morgan fingerprint density at radius 2 is 2.00 bits per heavy atom. The molecule has 1 N–H and O–H groups in total. The third-order valence-corrected chi connectivity index (χ3v) is 4.25. The van der Waals surface area contributed by atoms with E-state index in [1.54, 1.807) is 19.2 Å². The second-order valence-corrected chi connectivity index (χ2v) is 6.08. The van der Waals surface area contributed by atoms with Crippen molar-refractivity contribution in [3.8, 4) is 10.6 Å². The Kier molecular flexibility index (Phi) is 5.51. The zero-order chi connectivity index (χ0) is 16.1. The number of amides is 1. The van der Waals surface area contributed by atoms with E-state index in [1.165, 1.54) is 16.2 Å². The molecule has 22 heavy (non-hydrogen) atoms. The standard InChI is InChI=1S/C15H15ClN2O3S/c1-18(7-6-14(20)21)13(19)8-12-9-22-15(17-12)10-2-4-11(16)5-3-10/h2-5,9H,6-8H2,1H3,(H,20,21). The summed E-state index contributed by atoms with van der Waals surface area (Å²) in [6.07, 6.45) is 0.107. The van der Waals surface area contributed by atoms with Crippen molar-refractivity contribution in [3.05, 3.63) is 40.4 Å². The number of nitrogens with zero attached hydrogens (tertiary/aromatic N) is 2. The van der Waals surface area contributed by atoms with Crippen molar-refractivity contribution >= 4 is 34.8 Å². The molecule has 0 aliphatic rings. The SMILES string of the molecule is CN(CCC(=O)O)C(=O)Cc1csc(-c2ccc(Cl)cc2)n1. The molecule has 0 saturated carbocycles. The van der Waals surface area contributed by atoms with E-state index in [2.05, 4.69) is 4.98 Å². The molecule has 1 aromatic carbocycles. The van der Waals surface area contributed by atoms with Gasteiger partial charge in [0.05, 0.1) is 18.5 Å². The number of carbonyl (C=O) groups is 2. The second kappa shape index (κ2) is 7.38. The van der Waals surface area contributed by atoms with Crippen LogP contribution >= 0.6 is 22.9 Å². The highest BCUT2D eigenvalue weighted by molar-refractivity contribution is 7.13. The molecule has 0 spiro atoms. The topological polar surface area (TPSA) is 70.5 Å². The van der Waals surface area contributed by atoms with E-state index in [-0.39, 0.29) is 25.3 Å². The molecule has 2 aromatic rings. The minimum absolute atomic E-state index is 0.0602.